The molecule has 0 aliphatic carbocycles. The average Bonchev–Trinajstić information content (AvgIpc) is 3.16. The van der Waals surface area contributed by atoms with Crippen molar-refractivity contribution in [1.29, 1.82) is 0 Å². The van der Waals surface area contributed by atoms with E-state index in [9.17, 15) is 0 Å². The Balaban J connectivity index is 1.39. The fourth-order valence-electron chi connectivity index (χ4n) is 4.00. The highest BCUT2D eigenvalue weighted by Crippen LogP contribution is 2.23. The van der Waals surface area contributed by atoms with E-state index < -0.39 is 0 Å². The lowest BCUT2D eigenvalue weighted by atomic mass is 10.2. The maximum absolute atomic E-state index is 6.17. The molecule has 5 rings (SSSR count). The summed E-state index contributed by atoms with van der Waals surface area (Å²) in [6.07, 6.45) is 3.59. The Morgan fingerprint density at radius 2 is 1.66 bits per heavy atom. The molecule has 0 amide bonds. The van der Waals surface area contributed by atoms with E-state index >= 15 is 0 Å². The van der Waals surface area contributed by atoms with Crippen molar-refractivity contribution in [3.63, 3.8) is 0 Å². The van der Waals surface area contributed by atoms with Crippen molar-refractivity contribution in [2.45, 2.75) is 6.67 Å². The number of hydrogen-bond donors (Lipinski definition) is 0. The van der Waals surface area contributed by atoms with E-state index in [0.29, 0.717) is 11.4 Å². The van der Waals surface area contributed by atoms with Gasteiger partial charge in [0.25, 0.3) is 0 Å². The Labute approximate surface area is 197 Å². The molecule has 0 N–H and O–H groups in total. The number of aromatic nitrogens is 4. The third-order valence-corrected chi connectivity index (χ3v) is 6.28. The van der Waals surface area contributed by atoms with Crippen LogP contribution >= 0.6 is 23.8 Å². The molecule has 2 aromatic heterocycles. The maximum atomic E-state index is 6.17. The predicted octanol–water partition coefficient (Wildman–Crippen LogP) is 4.90. The summed E-state index contributed by atoms with van der Waals surface area (Å²) in [5, 5.41) is 5.67. The van der Waals surface area contributed by atoms with Gasteiger partial charge in [-0.25, -0.2) is 4.68 Å². The number of pyridine rings is 1. The van der Waals surface area contributed by atoms with Crippen molar-refractivity contribution >= 4 is 29.5 Å². The molecule has 1 saturated heterocycles. The predicted molar refractivity (Wildman–Crippen MR) is 131 cm³/mol. The topological polar surface area (TPSA) is 42.1 Å². The fraction of sp³-hybridized carbons (Fsp3) is 0.208. The van der Waals surface area contributed by atoms with Crippen LogP contribution in [0.4, 0.5) is 5.69 Å². The number of hydrogen-bond acceptors (Lipinski definition) is 5. The van der Waals surface area contributed by atoms with Gasteiger partial charge in [0.2, 0.25) is 4.77 Å². The molecule has 32 heavy (non-hydrogen) atoms. The Hall–Kier alpha value is -3.00. The van der Waals surface area contributed by atoms with Crippen molar-refractivity contribution in [3.8, 4) is 17.1 Å². The highest BCUT2D eigenvalue weighted by Gasteiger charge is 2.20. The Kier molecular flexibility index (Phi) is 6.03. The van der Waals surface area contributed by atoms with Gasteiger partial charge in [0, 0.05) is 60.5 Å². The van der Waals surface area contributed by atoms with Gasteiger partial charge in [0.05, 0.1) is 6.67 Å². The van der Waals surface area contributed by atoms with Crippen LogP contribution in [0.15, 0.2) is 79.1 Å². The summed E-state index contributed by atoms with van der Waals surface area (Å²) in [5.41, 5.74) is 3.10. The van der Waals surface area contributed by atoms with Crippen molar-refractivity contribution in [3.05, 3.63) is 88.9 Å². The Morgan fingerprint density at radius 3 is 2.38 bits per heavy atom. The molecular formula is C24H23ClN6S. The van der Waals surface area contributed by atoms with Gasteiger partial charge in [-0.05, 0) is 54.7 Å². The van der Waals surface area contributed by atoms with E-state index in [2.05, 4.69) is 20.9 Å². The van der Waals surface area contributed by atoms with E-state index in [1.54, 1.807) is 6.20 Å². The smallest absolute Gasteiger partial charge is 0.204 e. The Morgan fingerprint density at radius 1 is 0.875 bits per heavy atom. The minimum absolute atomic E-state index is 0.648. The highest BCUT2D eigenvalue weighted by molar-refractivity contribution is 7.71. The van der Waals surface area contributed by atoms with E-state index in [4.69, 9.17) is 28.9 Å². The number of anilines is 1. The highest BCUT2D eigenvalue weighted by atomic mass is 35.5. The first-order valence-electron chi connectivity index (χ1n) is 10.6. The zero-order valence-corrected chi connectivity index (χ0v) is 19.1. The van der Waals surface area contributed by atoms with Crippen LogP contribution in [0.3, 0.4) is 0 Å². The molecule has 4 aromatic rings. The summed E-state index contributed by atoms with van der Waals surface area (Å²) in [7, 11) is 0. The van der Waals surface area contributed by atoms with E-state index in [-0.39, 0.29) is 0 Å². The molecule has 2 aromatic carbocycles. The van der Waals surface area contributed by atoms with E-state index in [1.807, 2.05) is 76.1 Å². The average molecular weight is 463 g/mol. The third kappa shape index (κ3) is 4.32. The number of benzene rings is 2. The third-order valence-electron chi connectivity index (χ3n) is 5.65. The molecule has 162 valence electrons. The van der Waals surface area contributed by atoms with Crippen molar-refractivity contribution in [2.24, 2.45) is 0 Å². The first-order valence-corrected chi connectivity index (χ1v) is 11.4. The van der Waals surface area contributed by atoms with Gasteiger partial charge in [0.1, 0.15) is 0 Å². The summed E-state index contributed by atoms with van der Waals surface area (Å²) in [6, 6.07) is 22.1. The minimum Gasteiger partial charge on any atom is -0.369 e. The first-order chi connectivity index (χ1) is 15.7. The number of rotatable bonds is 5. The zero-order valence-electron chi connectivity index (χ0n) is 17.5. The number of piperazine rings is 1. The van der Waals surface area contributed by atoms with E-state index in [0.717, 1.165) is 48.3 Å². The summed E-state index contributed by atoms with van der Waals surface area (Å²) >= 11 is 12.0. The van der Waals surface area contributed by atoms with Crippen LogP contribution in [-0.2, 0) is 6.67 Å². The normalized spacial score (nSPS) is 14.6. The lowest BCUT2D eigenvalue weighted by Crippen LogP contribution is -2.47. The summed E-state index contributed by atoms with van der Waals surface area (Å²) in [5.74, 6) is 0.798. The minimum atomic E-state index is 0.648. The van der Waals surface area contributed by atoms with Crippen LogP contribution in [0, 0.1) is 4.77 Å². The van der Waals surface area contributed by atoms with Gasteiger partial charge in [-0.15, -0.1) is 5.10 Å². The van der Waals surface area contributed by atoms with Crippen molar-refractivity contribution < 1.29 is 0 Å². The second kappa shape index (κ2) is 9.24. The fourth-order valence-corrected chi connectivity index (χ4v) is 4.48. The summed E-state index contributed by atoms with van der Waals surface area (Å²) in [4.78, 5) is 9.02. The molecule has 0 spiro atoms. The lowest BCUT2D eigenvalue weighted by molar-refractivity contribution is 0.194. The Bertz CT molecular complexity index is 1250. The molecule has 0 radical (unpaired) electrons. The van der Waals surface area contributed by atoms with Gasteiger partial charge in [0.15, 0.2) is 5.82 Å². The SMILES string of the molecule is S=c1n(CN2CCN(c3cccc(Cl)c3)CC2)nc(-c2cccnc2)n1-c1ccccc1. The maximum Gasteiger partial charge on any atom is 0.204 e. The molecule has 6 nitrogen and oxygen atoms in total. The number of halogens is 1. The molecular weight excluding hydrogens is 440 g/mol. The van der Waals surface area contributed by atoms with Gasteiger partial charge >= 0.3 is 0 Å². The van der Waals surface area contributed by atoms with Crippen LogP contribution in [0.1, 0.15) is 0 Å². The largest absolute Gasteiger partial charge is 0.369 e. The van der Waals surface area contributed by atoms with E-state index in [1.165, 1.54) is 5.69 Å². The second-order valence-electron chi connectivity index (χ2n) is 7.74. The molecule has 0 saturated carbocycles. The van der Waals surface area contributed by atoms with Gasteiger partial charge in [-0.1, -0.05) is 35.9 Å². The molecule has 3 heterocycles. The molecule has 1 fully saturated rings. The van der Waals surface area contributed by atoms with Gasteiger partial charge < -0.3 is 4.90 Å². The molecule has 8 heteroatoms. The van der Waals surface area contributed by atoms with Crippen LogP contribution in [-0.4, -0.2) is 50.4 Å². The first kappa shape index (κ1) is 20.9. The van der Waals surface area contributed by atoms with Crippen LogP contribution in [0.2, 0.25) is 5.02 Å². The lowest BCUT2D eigenvalue weighted by Gasteiger charge is -2.35. The molecule has 0 atom stereocenters. The van der Waals surface area contributed by atoms with Crippen LogP contribution in [0.25, 0.3) is 17.1 Å². The summed E-state index contributed by atoms with van der Waals surface area (Å²) < 4.78 is 4.61. The van der Waals surface area contributed by atoms with Crippen LogP contribution in [0.5, 0.6) is 0 Å². The molecule has 1 aliphatic rings. The quantitative estimate of drug-likeness (QED) is 0.395. The second-order valence-corrected chi connectivity index (χ2v) is 8.55. The van der Waals surface area contributed by atoms with Gasteiger partial charge in [-0.2, -0.15) is 0 Å². The zero-order chi connectivity index (χ0) is 21.9. The monoisotopic (exact) mass is 462 g/mol. The standard InChI is InChI=1S/C24H23ClN6S/c25-20-7-4-10-22(16-20)29-14-12-28(13-15-29)18-30-24(32)31(21-8-2-1-3-9-21)23(27-30)19-6-5-11-26-17-19/h1-11,16-17H,12-15,18H2. The molecule has 1 aliphatic heterocycles. The van der Waals surface area contributed by atoms with Crippen molar-refractivity contribution in [1.82, 2.24) is 24.2 Å². The number of para-hydroxylation sites is 1. The van der Waals surface area contributed by atoms with Crippen LogP contribution < -0.4 is 4.90 Å². The van der Waals surface area contributed by atoms with Gasteiger partial charge in [-0.3, -0.25) is 14.5 Å². The molecule has 0 unspecified atom stereocenters. The number of nitrogens with zero attached hydrogens (tertiary/aromatic N) is 6. The summed E-state index contributed by atoms with van der Waals surface area (Å²) in [6.45, 7) is 4.36. The van der Waals surface area contributed by atoms with Crippen molar-refractivity contribution in [2.75, 3.05) is 31.1 Å². The molecule has 0 bridgehead atoms.